The molecular formula is C15H13ClN2O. The van der Waals surface area contributed by atoms with Crippen molar-refractivity contribution < 1.29 is 4.74 Å². The standard InChI is InChI=1S/C15H13ClN2O/c1-19-13-9-5-8-12-14(13)17-15(16)18(12)10-11-6-3-2-4-7-11/h2-9H,10H2,1H3. The van der Waals surface area contributed by atoms with Gasteiger partial charge >= 0.3 is 0 Å². The lowest BCUT2D eigenvalue weighted by atomic mass is 10.2. The van der Waals surface area contributed by atoms with Gasteiger partial charge in [-0.2, -0.15) is 0 Å². The fourth-order valence-electron chi connectivity index (χ4n) is 2.17. The first kappa shape index (κ1) is 12.1. The Kier molecular flexibility index (Phi) is 3.13. The van der Waals surface area contributed by atoms with Gasteiger partial charge in [0.1, 0.15) is 11.3 Å². The number of nitrogens with zero attached hydrogens (tertiary/aromatic N) is 2. The zero-order valence-corrected chi connectivity index (χ0v) is 11.3. The van der Waals surface area contributed by atoms with Crippen LogP contribution in [0, 0.1) is 0 Å². The minimum Gasteiger partial charge on any atom is -0.494 e. The van der Waals surface area contributed by atoms with E-state index in [0.717, 1.165) is 16.8 Å². The molecule has 0 unspecified atom stereocenters. The van der Waals surface area contributed by atoms with Crippen molar-refractivity contribution in [3.63, 3.8) is 0 Å². The van der Waals surface area contributed by atoms with E-state index in [2.05, 4.69) is 17.1 Å². The molecule has 19 heavy (non-hydrogen) atoms. The molecular weight excluding hydrogens is 260 g/mol. The molecule has 2 aromatic carbocycles. The number of aromatic nitrogens is 2. The summed E-state index contributed by atoms with van der Waals surface area (Å²) in [7, 11) is 1.64. The van der Waals surface area contributed by atoms with Crippen molar-refractivity contribution >= 4 is 22.6 Å². The van der Waals surface area contributed by atoms with Crippen molar-refractivity contribution in [2.75, 3.05) is 7.11 Å². The number of imidazole rings is 1. The third-order valence-electron chi connectivity index (χ3n) is 3.10. The Labute approximate surface area is 116 Å². The SMILES string of the molecule is COc1cccc2c1nc(Cl)n2Cc1ccccc1. The van der Waals surface area contributed by atoms with Gasteiger partial charge in [0.25, 0.3) is 0 Å². The number of ether oxygens (including phenoxy) is 1. The second-order valence-corrected chi connectivity index (χ2v) is 4.62. The van der Waals surface area contributed by atoms with Crippen LogP contribution >= 0.6 is 11.6 Å². The van der Waals surface area contributed by atoms with Crippen molar-refractivity contribution in [1.82, 2.24) is 9.55 Å². The summed E-state index contributed by atoms with van der Waals surface area (Å²) in [4.78, 5) is 4.38. The monoisotopic (exact) mass is 272 g/mol. The number of halogens is 1. The molecule has 3 aromatic rings. The van der Waals surface area contributed by atoms with E-state index < -0.39 is 0 Å². The van der Waals surface area contributed by atoms with Gasteiger partial charge in [-0.15, -0.1) is 0 Å². The predicted molar refractivity (Wildman–Crippen MR) is 76.8 cm³/mol. The summed E-state index contributed by atoms with van der Waals surface area (Å²) in [5, 5.41) is 0.475. The Morgan fingerprint density at radius 3 is 2.63 bits per heavy atom. The molecule has 0 spiro atoms. The van der Waals surface area contributed by atoms with Crippen molar-refractivity contribution in [3.05, 3.63) is 59.4 Å². The zero-order valence-electron chi connectivity index (χ0n) is 10.5. The summed E-state index contributed by atoms with van der Waals surface area (Å²) in [6.45, 7) is 0.698. The molecule has 96 valence electrons. The van der Waals surface area contributed by atoms with Crippen LogP contribution in [0.3, 0.4) is 0 Å². The molecule has 0 N–H and O–H groups in total. The van der Waals surface area contributed by atoms with E-state index in [9.17, 15) is 0 Å². The van der Waals surface area contributed by atoms with Gasteiger partial charge in [-0.25, -0.2) is 4.98 Å². The molecule has 0 fully saturated rings. The van der Waals surface area contributed by atoms with E-state index >= 15 is 0 Å². The lowest BCUT2D eigenvalue weighted by Crippen LogP contribution is -1.99. The van der Waals surface area contributed by atoms with Crippen LogP contribution in [-0.2, 0) is 6.54 Å². The Bertz CT molecular complexity index is 707. The molecule has 1 aromatic heterocycles. The maximum atomic E-state index is 6.24. The normalized spacial score (nSPS) is 10.8. The maximum absolute atomic E-state index is 6.24. The van der Waals surface area contributed by atoms with Crippen LogP contribution in [0.25, 0.3) is 11.0 Å². The van der Waals surface area contributed by atoms with Crippen molar-refractivity contribution in [1.29, 1.82) is 0 Å². The van der Waals surface area contributed by atoms with Crippen LogP contribution in [0.4, 0.5) is 0 Å². The maximum Gasteiger partial charge on any atom is 0.204 e. The summed E-state index contributed by atoms with van der Waals surface area (Å²) < 4.78 is 7.29. The van der Waals surface area contributed by atoms with Gasteiger partial charge in [-0.05, 0) is 29.3 Å². The molecule has 1 heterocycles. The molecule has 0 radical (unpaired) electrons. The predicted octanol–water partition coefficient (Wildman–Crippen LogP) is 3.75. The van der Waals surface area contributed by atoms with Crippen molar-refractivity contribution in [2.45, 2.75) is 6.54 Å². The summed E-state index contributed by atoms with van der Waals surface area (Å²) >= 11 is 6.24. The molecule has 0 bridgehead atoms. The summed E-state index contributed by atoms with van der Waals surface area (Å²) in [6, 6.07) is 16.0. The van der Waals surface area contributed by atoms with Crippen molar-refractivity contribution in [3.8, 4) is 5.75 Å². The largest absolute Gasteiger partial charge is 0.494 e. The molecule has 0 aliphatic carbocycles. The molecule has 3 nitrogen and oxygen atoms in total. The highest BCUT2D eigenvalue weighted by Gasteiger charge is 2.12. The number of hydrogen-bond donors (Lipinski definition) is 0. The minimum absolute atomic E-state index is 0.475. The van der Waals surface area contributed by atoms with Crippen LogP contribution in [0.5, 0.6) is 5.75 Å². The Morgan fingerprint density at radius 2 is 1.89 bits per heavy atom. The number of methoxy groups -OCH3 is 1. The van der Waals surface area contributed by atoms with Gasteiger partial charge < -0.3 is 9.30 Å². The Hall–Kier alpha value is -2.00. The molecule has 0 aliphatic heterocycles. The highest BCUT2D eigenvalue weighted by atomic mass is 35.5. The molecule has 3 rings (SSSR count). The number of fused-ring (bicyclic) bond motifs is 1. The van der Waals surface area contributed by atoms with Gasteiger partial charge in [0.2, 0.25) is 5.28 Å². The number of benzene rings is 2. The lowest BCUT2D eigenvalue weighted by Gasteiger charge is -2.06. The van der Waals surface area contributed by atoms with Crippen LogP contribution < -0.4 is 4.74 Å². The third-order valence-corrected chi connectivity index (χ3v) is 3.39. The van der Waals surface area contributed by atoms with Crippen molar-refractivity contribution in [2.24, 2.45) is 0 Å². The molecule has 0 atom stereocenters. The van der Waals surface area contributed by atoms with E-state index in [0.29, 0.717) is 11.8 Å². The van der Waals surface area contributed by atoms with Crippen LogP contribution in [-0.4, -0.2) is 16.7 Å². The molecule has 4 heteroatoms. The minimum atomic E-state index is 0.475. The van der Waals surface area contributed by atoms with E-state index in [-0.39, 0.29) is 0 Å². The van der Waals surface area contributed by atoms with Gasteiger partial charge in [-0.3, -0.25) is 0 Å². The van der Waals surface area contributed by atoms with E-state index in [1.807, 2.05) is 41.0 Å². The summed E-state index contributed by atoms with van der Waals surface area (Å²) in [5.74, 6) is 0.742. The number of para-hydroxylation sites is 1. The average Bonchev–Trinajstić information content (AvgIpc) is 2.76. The Balaban J connectivity index is 2.11. The van der Waals surface area contributed by atoms with Crippen LogP contribution in [0.2, 0.25) is 5.28 Å². The smallest absolute Gasteiger partial charge is 0.204 e. The van der Waals surface area contributed by atoms with Crippen LogP contribution in [0.15, 0.2) is 48.5 Å². The topological polar surface area (TPSA) is 27.1 Å². The molecule has 0 aliphatic rings. The molecule has 0 saturated carbocycles. The number of hydrogen-bond acceptors (Lipinski definition) is 2. The second kappa shape index (κ2) is 4.94. The van der Waals surface area contributed by atoms with Gasteiger partial charge in [-0.1, -0.05) is 36.4 Å². The highest BCUT2D eigenvalue weighted by Crippen LogP contribution is 2.28. The van der Waals surface area contributed by atoms with E-state index in [1.54, 1.807) is 7.11 Å². The zero-order chi connectivity index (χ0) is 13.2. The van der Waals surface area contributed by atoms with E-state index in [4.69, 9.17) is 16.3 Å². The third kappa shape index (κ3) is 2.17. The second-order valence-electron chi connectivity index (χ2n) is 4.28. The molecule has 0 amide bonds. The first-order valence-electron chi connectivity index (χ1n) is 6.02. The van der Waals surface area contributed by atoms with Gasteiger partial charge in [0, 0.05) is 0 Å². The summed E-state index contributed by atoms with van der Waals surface area (Å²) in [5.41, 5.74) is 2.96. The average molecular weight is 273 g/mol. The van der Waals surface area contributed by atoms with Gasteiger partial charge in [0.05, 0.1) is 19.2 Å². The molecule has 0 saturated heterocycles. The van der Waals surface area contributed by atoms with Crippen LogP contribution in [0.1, 0.15) is 5.56 Å². The lowest BCUT2D eigenvalue weighted by molar-refractivity contribution is 0.419. The fourth-order valence-corrected chi connectivity index (χ4v) is 2.41. The first-order chi connectivity index (χ1) is 9.29. The Morgan fingerprint density at radius 1 is 1.11 bits per heavy atom. The van der Waals surface area contributed by atoms with E-state index in [1.165, 1.54) is 5.56 Å². The quantitative estimate of drug-likeness (QED) is 0.726. The fraction of sp³-hybridized carbons (Fsp3) is 0.133. The highest BCUT2D eigenvalue weighted by molar-refractivity contribution is 6.29. The summed E-state index contributed by atoms with van der Waals surface area (Å²) in [6.07, 6.45) is 0. The first-order valence-corrected chi connectivity index (χ1v) is 6.40. The number of rotatable bonds is 3. The van der Waals surface area contributed by atoms with Gasteiger partial charge in [0.15, 0.2) is 0 Å².